The summed E-state index contributed by atoms with van der Waals surface area (Å²) in [6.45, 7) is -0.322. The molecule has 1 aromatic heterocycles. The van der Waals surface area contributed by atoms with Gasteiger partial charge in [-0.15, -0.1) is 0 Å². The predicted molar refractivity (Wildman–Crippen MR) is 104 cm³/mol. The van der Waals surface area contributed by atoms with Crippen LogP contribution in [0.25, 0.3) is 11.0 Å². The minimum atomic E-state index is -3.40. The second-order valence-electron chi connectivity index (χ2n) is 5.79. The van der Waals surface area contributed by atoms with Gasteiger partial charge >= 0.3 is 0 Å². The van der Waals surface area contributed by atoms with Crippen LogP contribution >= 0.6 is 23.2 Å². The van der Waals surface area contributed by atoms with Gasteiger partial charge in [-0.3, -0.25) is 4.79 Å². The van der Waals surface area contributed by atoms with Crippen LogP contribution in [0.3, 0.4) is 0 Å². The molecule has 0 spiro atoms. The van der Waals surface area contributed by atoms with E-state index in [0.717, 1.165) is 6.26 Å². The van der Waals surface area contributed by atoms with Gasteiger partial charge in [-0.05, 0) is 30.3 Å². The summed E-state index contributed by atoms with van der Waals surface area (Å²) in [7, 11) is -3.40. The van der Waals surface area contributed by atoms with Crippen molar-refractivity contribution in [3.63, 3.8) is 0 Å². The summed E-state index contributed by atoms with van der Waals surface area (Å²) >= 11 is 12.2. The molecule has 0 saturated carbocycles. The third-order valence-corrected chi connectivity index (χ3v) is 5.80. The van der Waals surface area contributed by atoms with E-state index in [0.29, 0.717) is 16.7 Å². The summed E-state index contributed by atoms with van der Waals surface area (Å²) < 4.78 is 23.4. The highest BCUT2D eigenvalue weighted by molar-refractivity contribution is 7.90. The van der Waals surface area contributed by atoms with Gasteiger partial charge in [0.15, 0.2) is 15.7 Å². The lowest BCUT2D eigenvalue weighted by atomic mass is 10.2. The number of anilines is 1. The average Bonchev–Trinajstić information content (AvgIpc) is 3.04. The number of H-pyrrole nitrogens is 1. The lowest BCUT2D eigenvalue weighted by Crippen LogP contribution is -2.34. The van der Waals surface area contributed by atoms with Gasteiger partial charge in [0.25, 0.3) is 5.91 Å². The van der Waals surface area contributed by atoms with E-state index in [1.54, 1.807) is 18.2 Å². The number of hydrogen-bond acceptors (Lipinski definition) is 5. The third-order valence-electron chi connectivity index (χ3n) is 3.88. The number of benzene rings is 2. The molecule has 27 heavy (non-hydrogen) atoms. The van der Waals surface area contributed by atoms with Crippen molar-refractivity contribution in [2.45, 2.75) is 4.90 Å². The van der Waals surface area contributed by atoms with E-state index in [9.17, 15) is 18.3 Å². The number of carbonyl (C=O) groups is 1. The fourth-order valence-corrected chi connectivity index (χ4v) is 3.62. The molecule has 2 aromatic carbocycles. The summed E-state index contributed by atoms with van der Waals surface area (Å²) in [6.07, 6.45) is 1.09. The molecule has 3 aromatic rings. The molecule has 0 unspecified atom stereocenters. The van der Waals surface area contributed by atoms with Crippen molar-refractivity contribution in [3.05, 3.63) is 52.3 Å². The number of fused-ring (bicyclic) bond motifs is 1. The highest BCUT2D eigenvalue weighted by atomic mass is 35.5. The Bertz CT molecular complexity index is 1130. The average molecular weight is 428 g/mol. The van der Waals surface area contributed by atoms with Crippen LogP contribution in [0, 0.1) is 0 Å². The SMILES string of the molecule is CS(=O)(=O)c1ccc2[nH]c(C(=O)N(CCO)c3cccc(Cl)c3Cl)nc2c1. The number of sulfone groups is 1. The maximum absolute atomic E-state index is 13.0. The standard InChI is InChI=1S/C17H15Cl2N3O4S/c1-27(25,26)10-5-6-12-13(9-10)21-16(20-12)17(24)22(7-8-23)14-4-2-3-11(18)15(14)19/h2-6,9,23H,7-8H2,1H3,(H,20,21). The van der Waals surface area contributed by atoms with Gasteiger partial charge in [-0.2, -0.15) is 0 Å². The Balaban J connectivity index is 2.05. The fraction of sp³-hybridized carbons (Fsp3) is 0.176. The van der Waals surface area contributed by atoms with E-state index < -0.39 is 15.7 Å². The molecular weight excluding hydrogens is 413 g/mol. The Morgan fingerprint density at radius 3 is 2.67 bits per heavy atom. The van der Waals surface area contributed by atoms with Gasteiger partial charge in [0, 0.05) is 12.8 Å². The van der Waals surface area contributed by atoms with E-state index in [1.807, 2.05) is 0 Å². The molecule has 0 aliphatic carbocycles. The number of nitrogens with zero attached hydrogens (tertiary/aromatic N) is 2. The van der Waals surface area contributed by atoms with Crippen molar-refractivity contribution >= 4 is 55.7 Å². The lowest BCUT2D eigenvalue weighted by Gasteiger charge is -2.22. The molecule has 0 radical (unpaired) electrons. The van der Waals surface area contributed by atoms with Crippen molar-refractivity contribution in [3.8, 4) is 0 Å². The monoisotopic (exact) mass is 427 g/mol. The molecule has 0 atom stereocenters. The van der Waals surface area contributed by atoms with E-state index >= 15 is 0 Å². The van der Waals surface area contributed by atoms with Crippen molar-refractivity contribution in [2.75, 3.05) is 24.3 Å². The molecule has 10 heteroatoms. The highest BCUT2D eigenvalue weighted by Crippen LogP contribution is 2.33. The number of hydrogen-bond donors (Lipinski definition) is 2. The van der Waals surface area contributed by atoms with Crippen molar-refractivity contribution < 1.29 is 18.3 Å². The van der Waals surface area contributed by atoms with Crippen LogP contribution in [-0.4, -0.2) is 48.8 Å². The Morgan fingerprint density at radius 2 is 2.00 bits per heavy atom. The molecular formula is C17H15Cl2N3O4S. The van der Waals surface area contributed by atoms with Crippen LogP contribution in [0.4, 0.5) is 5.69 Å². The zero-order chi connectivity index (χ0) is 19.8. The van der Waals surface area contributed by atoms with Gasteiger partial charge < -0.3 is 15.0 Å². The highest BCUT2D eigenvalue weighted by Gasteiger charge is 2.23. The zero-order valence-electron chi connectivity index (χ0n) is 14.1. The van der Waals surface area contributed by atoms with Gasteiger partial charge in [0.05, 0.1) is 38.3 Å². The first-order chi connectivity index (χ1) is 12.7. The van der Waals surface area contributed by atoms with Gasteiger partial charge in [0.1, 0.15) is 0 Å². The lowest BCUT2D eigenvalue weighted by molar-refractivity contribution is 0.0972. The number of imidazole rings is 1. The normalized spacial score (nSPS) is 11.7. The van der Waals surface area contributed by atoms with E-state index in [4.69, 9.17) is 23.2 Å². The number of halogens is 2. The smallest absolute Gasteiger partial charge is 0.294 e. The zero-order valence-corrected chi connectivity index (χ0v) is 16.4. The Kier molecular flexibility index (Phi) is 5.43. The Labute approximate surface area is 165 Å². The number of amides is 1. The quantitative estimate of drug-likeness (QED) is 0.651. The predicted octanol–water partition coefficient (Wildman–Crippen LogP) is 2.91. The van der Waals surface area contributed by atoms with Crippen LogP contribution in [0.2, 0.25) is 10.0 Å². The maximum atomic E-state index is 13.0. The summed E-state index contributed by atoms with van der Waals surface area (Å²) in [4.78, 5) is 21.4. The summed E-state index contributed by atoms with van der Waals surface area (Å²) in [6, 6.07) is 9.19. The first-order valence-electron chi connectivity index (χ1n) is 7.79. The Hall–Kier alpha value is -2.13. The van der Waals surface area contributed by atoms with Crippen LogP contribution in [0.5, 0.6) is 0 Å². The number of carbonyl (C=O) groups excluding carboxylic acids is 1. The first kappa shape index (κ1) is 19.6. The van der Waals surface area contributed by atoms with Gasteiger partial charge in [-0.1, -0.05) is 29.3 Å². The number of aliphatic hydroxyl groups is 1. The third kappa shape index (κ3) is 3.93. The van der Waals surface area contributed by atoms with E-state index in [1.165, 1.54) is 23.1 Å². The number of nitrogens with one attached hydrogen (secondary N) is 1. The number of rotatable bonds is 5. The molecule has 1 amide bonds. The molecule has 0 fully saturated rings. The molecule has 2 N–H and O–H groups in total. The molecule has 0 bridgehead atoms. The number of aromatic nitrogens is 2. The number of aliphatic hydroxyl groups excluding tert-OH is 1. The largest absolute Gasteiger partial charge is 0.395 e. The van der Waals surface area contributed by atoms with Crippen LogP contribution in [0.1, 0.15) is 10.6 Å². The van der Waals surface area contributed by atoms with Crippen LogP contribution < -0.4 is 4.90 Å². The van der Waals surface area contributed by atoms with E-state index in [2.05, 4.69) is 9.97 Å². The summed E-state index contributed by atoms with van der Waals surface area (Å²) in [5.74, 6) is -0.550. The van der Waals surface area contributed by atoms with Crippen LogP contribution in [-0.2, 0) is 9.84 Å². The van der Waals surface area contributed by atoms with Crippen LogP contribution in [0.15, 0.2) is 41.3 Å². The minimum Gasteiger partial charge on any atom is -0.395 e. The molecule has 3 rings (SSSR count). The molecule has 0 saturated heterocycles. The van der Waals surface area contributed by atoms with Crippen molar-refractivity contribution in [1.29, 1.82) is 0 Å². The summed E-state index contributed by atoms with van der Waals surface area (Å²) in [5.41, 5.74) is 1.18. The second-order valence-corrected chi connectivity index (χ2v) is 8.59. The summed E-state index contributed by atoms with van der Waals surface area (Å²) in [5, 5.41) is 9.80. The molecule has 1 heterocycles. The Morgan fingerprint density at radius 1 is 1.26 bits per heavy atom. The topological polar surface area (TPSA) is 103 Å². The molecule has 0 aliphatic heterocycles. The maximum Gasteiger partial charge on any atom is 0.294 e. The van der Waals surface area contributed by atoms with Gasteiger partial charge in [0.2, 0.25) is 0 Å². The molecule has 7 nitrogen and oxygen atoms in total. The van der Waals surface area contributed by atoms with Crippen molar-refractivity contribution in [1.82, 2.24) is 9.97 Å². The van der Waals surface area contributed by atoms with Gasteiger partial charge in [-0.25, -0.2) is 13.4 Å². The fourth-order valence-electron chi connectivity index (χ4n) is 2.58. The molecule has 0 aliphatic rings. The minimum absolute atomic E-state index is 0.0138. The van der Waals surface area contributed by atoms with E-state index in [-0.39, 0.29) is 33.9 Å². The van der Waals surface area contributed by atoms with Crippen molar-refractivity contribution in [2.24, 2.45) is 0 Å². The first-order valence-corrected chi connectivity index (χ1v) is 10.4. The molecule has 142 valence electrons. The number of aromatic amines is 1. The second kappa shape index (κ2) is 7.47.